The number of carbonyl (C=O) groups is 1. The second-order valence-corrected chi connectivity index (χ2v) is 8.83. The van der Waals surface area contributed by atoms with Gasteiger partial charge in [-0.2, -0.15) is 0 Å². The molecular formula is C19H17ClN2O2S2. The summed E-state index contributed by atoms with van der Waals surface area (Å²) in [4.78, 5) is 32.0. The molecule has 0 amide bonds. The van der Waals surface area contributed by atoms with Crippen LogP contribution in [-0.4, -0.2) is 21.1 Å². The third-order valence-electron chi connectivity index (χ3n) is 4.65. The van der Waals surface area contributed by atoms with E-state index in [0.717, 1.165) is 29.5 Å². The van der Waals surface area contributed by atoms with E-state index in [9.17, 15) is 9.59 Å². The van der Waals surface area contributed by atoms with E-state index in [4.69, 9.17) is 16.6 Å². The van der Waals surface area contributed by atoms with Gasteiger partial charge in [0.15, 0.2) is 10.9 Å². The zero-order valence-electron chi connectivity index (χ0n) is 14.3. The second-order valence-electron chi connectivity index (χ2n) is 6.37. The molecule has 0 fully saturated rings. The highest BCUT2D eigenvalue weighted by Crippen LogP contribution is 2.34. The number of aryl methyl sites for hydroxylation is 2. The Bertz CT molecular complexity index is 1050. The zero-order chi connectivity index (χ0) is 18.3. The number of Topliss-reactive ketones (excluding diaryl/α,β-unsaturated/α-hetero) is 1. The van der Waals surface area contributed by atoms with E-state index < -0.39 is 0 Å². The lowest BCUT2D eigenvalue weighted by molar-refractivity contribution is 0.102. The molecule has 26 heavy (non-hydrogen) atoms. The van der Waals surface area contributed by atoms with Crippen LogP contribution >= 0.6 is 34.7 Å². The molecule has 1 aliphatic rings. The molecule has 7 heteroatoms. The molecule has 0 aliphatic heterocycles. The molecule has 0 bridgehead atoms. The van der Waals surface area contributed by atoms with Gasteiger partial charge in [-0.15, -0.1) is 11.3 Å². The Balaban J connectivity index is 1.62. The van der Waals surface area contributed by atoms with Crippen molar-refractivity contribution in [3.05, 3.63) is 55.6 Å². The lowest BCUT2D eigenvalue weighted by Crippen LogP contribution is -2.21. The number of hydrogen-bond acceptors (Lipinski definition) is 5. The summed E-state index contributed by atoms with van der Waals surface area (Å²) in [5.74, 6) is 0.227. The summed E-state index contributed by atoms with van der Waals surface area (Å²) in [6.07, 6.45) is 4.32. The predicted octanol–water partition coefficient (Wildman–Crippen LogP) is 4.50. The first kappa shape index (κ1) is 17.8. The summed E-state index contributed by atoms with van der Waals surface area (Å²) >= 11 is 8.80. The molecule has 0 spiro atoms. The number of thioether (sulfide) groups is 1. The summed E-state index contributed by atoms with van der Waals surface area (Å²) in [7, 11) is 1.73. The van der Waals surface area contributed by atoms with Crippen molar-refractivity contribution in [2.24, 2.45) is 7.05 Å². The molecular weight excluding hydrogens is 388 g/mol. The van der Waals surface area contributed by atoms with E-state index >= 15 is 0 Å². The van der Waals surface area contributed by atoms with Crippen LogP contribution in [0.1, 0.15) is 33.6 Å². The quantitative estimate of drug-likeness (QED) is 0.365. The largest absolute Gasteiger partial charge is 0.293 e. The molecule has 0 atom stereocenters. The highest BCUT2D eigenvalue weighted by molar-refractivity contribution is 7.99. The Morgan fingerprint density at radius 2 is 2.00 bits per heavy atom. The number of rotatable bonds is 4. The Labute approximate surface area is 164 Å². The summed E-state index contributed by atoms with van der Waals surface area (Å²) in [6.45, 7) is 0. The number of benzene rings is 1. The van der Waals surface area contributed by atoms with Crippen LogP contribution in [0.2, 0.25) is 5.02 Å². The van der Waals surface area contributed by atoms with Crippen LogP contribution in [0.25, 0.3) is 10.2 Å². The van der Waals surface area contributed by atoms with Crippen molar-refractivity contribution in [1.29, 1.82) is 0 Å². The van der Waals surface area contributed by atoms with Crippen molar-refractivity contribution in [3.8, 4) is 0 Å². The van der Waals surface area contributed by atoms with Crippen LogP contribution in [0, 0.1) is 0 Å². The third-order valence-corrected chi connectivity index (χ3v) is 7.12. The van der Waals surface area contributed by atoms with Crippen molar-refractivity contribution in [1.82, 2.24) is 9.55 Å². The number of fused-ring (bicyclic) bond motifs is 3. The van der Waals surface area contributed by atoms with Gasteiger partial charge in [-0.25, -0.2) is 4.98 Å². The van der Waals surface area contributed by atoms with Crippen LogP contribution in [-0.2, 0) is 19.9 Å². The SMILES string of the molecule is Cn1c(SCC(=O)c2ccc(Cl)cc2)nc2sc3c(c2c1=O)CCCC3. The highest BCUT2D eigenvalue weighted by Gasteiger charge is 2.21. The summed E-state index contributed by atoms with van der Waals surface area (Å²) in [5, 5.41) is 1.97. The van der Waals surface area contributed by atoms with Crippen molar-refractivity contribution in [3.63, 3.8) is 0 Å². The molecule has 4 rings (SSSR count). The monoisotopic (exact) mass is 404 g/mol. The predicted molar refractivity (Wildman–Crippen MR) is 108 cm³/mol. The van der Waals surface area contributed by atoms with Crippen molar-refractivity contribution >= 4 is 50.7 Å². The summed E-state index contributed by atoms with van der Waals surface area (Å²) in [6, 6.07) is 6.84. The molecule has 0 unspecified atom stereocenters. The number of carbonyl (C=O) groups excluding carboxylic acids is 1. The van der Waals surface area contributed by atoms with Crippen LogP contribution < -0.4 is 5.56 Å². The second kappa shape index (κ2) is 7.18. The van der Waals surface area contributed by atoms with Gasteiger partial charge in [0, 0.05) is 22.5 Å². The van der Waals surface area contributed by atoms with E-state index in [-0.39, 0.29) is 17.1 Å². The molecule has 0 radical (unpaired) electrons. The average Bonchev–Trinajstić information content (AvgIpc) is 3.02. The Morgan fingerprint density at radius 1 is 1.27 bits per heavy atom. The van der Waals surface area contributed by atoms with Gasteiger partial charge in [0.05, 0.1) is 11.1 Å². The molecule has 0 N–H and O–H groups in total. The van der Waals surface area contributed by atoms with E-state index in [1.807, 2.05) is 0 Å². The van der Waals surface area contributed by atoms with E-state index in [1.165, 1.54) is 28.6 Å². The van der Waals surface area contributed by atoms with Gasteiger partial charge < -0.3 is 0 Å². The molecule has 2 aromatic heterocycles. The van der Waals surface area contributed by atoms with Crippen molar-refractivity contribution in [2.45, 2.75) is 30.8 Å². The van der Waals surface area contributed by atoms with Crippen LogP contribution in [0.5, 0.6) is 0 Å². The normalized spacial score (nSPS) is 13.8. The molecule has 1 aliphatic carbocycles. The summed E-state index contributed by atoms with van der Waals surface area (Å²) < 4.78 is 1.57. The minimum Gasteiger partial charge on any atom is -0.293 e. The van der Waals surface area contributed by atoms with Gasteiger partial charge in [0.1, 0.15) is 4.83 Å². The standard InChI is InChI=1S/C19H17ClN2O2S2/c1-22-18(24)16-13-4-2-3-5-15(13)26-17(16)21-19(22)25-10-14(23)11-6-8-12(20)9-7-11/h6-9H,2-5,10H2,1H3. The van der Waals surface area contributed by atoms with Gasteiger partial charge in [-0.1, -0.05) is 23.4 Å². The van der Waals surface area contributed by atoms with E-state index in [2.05, 4.69) is 0 Å². The number of halogens is 1. The fraction of sp³-hybridized carbons (Fsp3) is 0.316. The summed E-state index contributed by atoms with van der Waals surface area (Å²) in [5.41, 5.74) is 1.80. The van der Waals surface area contributed by atoms with Gasteiger partial charge >= 0.3 is 0 Å². The maximum atomic E-state index is 12.9. The third kappa shape index (κ3) is 3.21. The highest BCUT2D eigenvalue weighted by atomic mass is 35.5. The number of thiophene rings is 1. The molecule has 0 saturated heterocycles. The van der Waals surface area contributed by atoms with Crippen LogP contribution in [0.3, 0.4) is 0 Å². The van der Waals surface area contributed by atoms with E-state index in [1.54, 1.807) is 47.2 Å². The van der Waals surface area contributed by atoms with Crippen molar-refractivity contribution < 1.29 is 4.79 Å². The van der Waals surface area contributed by atoms with Crippen molar-refractivity contribution in [2.75, 3.05) is 5.75 Å². The lowest BCUT2D eigenvalue weighted by Gasteiger charge is -2.10. The molecule has 1 aromatic carbocycles. The minimum absolute atomic E-state index is 0.00385. The number of hydrogen-bond donors (Lipinski definition) is 0. The lowest BCUT2D eigenvalue weighted by atomic mass is 9.97. The number of aromatic nitrogens is 2. The fourth-order valence-corrected chi connectivity index (χ4v) is 5.54. The fourth-order valence-electron chi connectivity index (χ4n) is 3.25. The maximum absolute atomic E-state index is 12.9. The Hall–Kier alpha value is -1.63. The first-order valence-corrected chi connectivity index (χ1v) is 10.7. The molecule has 3 aromatic rings. The molecule has 4 nitrogen and oxygen atoms in total. The number of nitrogens with zero attached hydrogens (tertiary/aromatic N) is 2. The van der Waals surface area contributed by atoms with Gasteiger partial charge in [0.25, 0.3) is 5.56 Å². The molecule has 2 heterocycles. The molecule has 134 valence electrons. The van der Waals surface area contributed by atoms with Gasteiger partial charge in [-0.3, -0.25) is 14.2 Å². The first-order chi connectivity index (χ1) is 12.5. The van der Waals surface area contributed by atoms with Crippen LogP contribution in [0.4, 0.5) is 0 Å². The van der Waals surface area contributed by atoms with E-state index in [0.29, 0.717) is 15.7 Å². The van der Waals surface area contributed by atoms with Gasteiger partial charge in [-0.05, 0) is 55.5 Å². The Morgan fingerprint density at radius 3 is 2.77 bits per heavy atom. The average molecular weight is 405 g/mol. The smallest absolute Gasteiger partial charge is 0.262 e. The zero-order valence-corrected chi connectivity index (χ0v) is 16.6. The Kier molecular flexibility index (Phi) is 4.90. The molecule has 0 saturated carbocycles. The first-order valence-electron chi connectivity index (χ1n) is 8.47. The topological polar surface area (TPSA) is 52.0 Å². The van der Waals surface area contributed by atoms with Gasteiger partial charge in [0.2, 0.25) is 0 Å². The number of ketones is 1. The minimum atomic E-state index is -0.00788. The maximum Gasteiger partial charge on any atom is 0.262 e. The van der Waals surface area contributed by atoms with Crippen LogP contribution in [0.15, 0.2) is 34.2 Å².